The molecule has 1 aliphatic heterocycles. The van der Waals surface area contributed by atoms with Gasteiger partial charge in [-0.15, -0.1) is 0 Å². The van der Waals surface area contributed by atoms with Crippen molar-refractivity contribution >= 4 is 30.0 Å². The molecule has 0 bridgehead atoms. The van der Waals surface area contributed by atoms with Crippen molar-refractivity contribution in [3.05, 3.63) is 30.1 Å². The van der Waals surface area contributed by atoms with Crippen molar-refractivity contribution in [1.82, 2.24) is 14.7 Å². The number of carbonyl (C=O) groups excluding carboxylic acids is 3. The van der Waals surface area contributed by atoms with Gasteiger partial charge in [-0.25, -0.2) is 4.79 Å². The topological polar surface area (TPSA) is 102 Å². The van der Waals surface area contributed by atoms with Gasteiger partial charge in [0.05, 0.1) is 18.1 Å². The van der Waals surface area contributed by atoms with Crippen molar-refractivity contribution in [2.45, 2.75) is 105 Å². The fourth-order valence-corrected chi connectivity index (χ4v) is 10.8. The van der Waals surface area contributed by atoms with Crippen LogP contribution in [0.4, 0.5) is 0 Å². The van der Waals surface area contributed by atoms with E-state index in [2.05, 4.69) is 32.4 Å². The molecule has 0 unspecified atom stereocenters. The van der Waals surface area contributed by atoms with Crippen LogP contribution in [-0.2, 0) is 20.9 Å². The van der Waals surface area contributed by atoms with E-state index >= 15 is 0 Å². The Morgan fingerprint density at radius 2 is 1.69 bits per heavy atom. The summed E-state index contributed by atoms with van der Waals surface area (Å²) in [6.07, 6.45) is 9.02. The predicted molar refractivity (Wildman–Crippen MR) is 160 cm³/mol. The standard InChI is InChI=1S/C30H50N3O5P/c1-8-13-17-39(18-14-9-2,19-15-10-3)29(30(37)38-16-11-4)33-25(27(23(7)34)28(33)36)21-26(35)24-20-22(6)32(12-5)31-24/h11,20,23,25,27,34H,4,8-10,12-19,21H2,1-3,5-7H3/t23-,25-,27+/m1/s1. The monoisotopic (exact) mass is 563 g/mol. The van der Waals surface area contributed by atoms with E-state index in [1.165, 1.54) is 6.08 Å². The SMILES string of the molecule is C=CCOC(=O)C(N1C(=O)[C@@H]([C@@H](C)O)[C@H]1CC(=O)c1cc(C)n(CC)n1)=P(CCCC)(CCCC)CCCC. The number of likely N-dealkylation sites (tertiary alicyclic amines) is 1. The number of β-lactam (4-membered cyclic amide) rings is 1. The highest BCUT2D eigenvalue weighted by molar-refractivity contribution is 7.77. The normalized spacial score (nSPS) is 18.0. The third-order valence-electron chi connectivity index (χ3n) is 7.76. The van der Waals surface area contributed by atoms with Gasteiger partial charge in [0.2, 0.25) is 5.91 Å². The number of ketones is 1. The molecular formula is C30H50N3O5P. The molecule has 1 fully saturated rings. The number of hydrogen-bond donors (Lipinski definition) is 1. The number of aryl methyl sites for hydroxylation is 2. The largest absolute Gasteiger partial charge is 0.457 e. The second-order valence-electron chi connectivity index (χ2n) is 10.7. The summed E-state index contributed by atoms with van der Waals surface area (Å²) in [7, 11) is 0. The summed E-state index contributed by atoms with van der Waals surface area (Å²) < 4.78 is 7.42. The van der Waals surface area contributed by atoms with Crippen molar-refractivity contribution < 1.29 is 24.2 Å². The van der Waals surface area contributed by atoms with Crippen LogP contribution < -0.4 is 0 Å². The molecule has 8 nitrogen and oxygen atoms in total. The lowest BCUT2D eigenvalue weighted by Crippen LogP contribution is -2.68. The lowest BCUT2D eigenvalue weighted by Gasteiger charge is -2.50. The number of aromatic nitrogens is 2. The molecule has 2 rings (SSSR count). The first kappa shape index (κ1) is 33.0. The van der Waals surface area contributed by atoms with Gasteiger partial charge >= 0.3 is 5.97 Å². The Morgan fingerprint density at radius 1 is 1.13 bits per heavy atom. The maximum absolute atomic E-state index is 13.8. The molecule has 1 saturated heterocycles. The van der Waals surface area contributed by atoms with Gasteiger partial charge in [0.1, 0.15) is 17.7 Å². The zero-order chi connectivity index (χ0) is 29.2. The fraction of sp³-hybridized carbons (Fsp3) is 0.700. The van der Waals surface area contributed by atoms with Crippen LogP contribution in [0.15, 0.2) is 18.7 Å². The van der Waals surface area contributed by atoms with Gasteiger partial charge in [0.15, 0.2) is 5.78 Å². The fourth-order valence-electron chi connectivity index (χ4n) is 5.59. The number of Topliss-reactive ketones (excluding diaryl/α,β-unsaturated/α-hetero) is 1. The van der Waals surface area contributed by atoms with Crippen LogP contribution >= 0.6 is 6.89 Å². The van der Waals surface area contributed by atoms with E-state index in [1.54, 1.807) is 22.6 Å². The highest BCUT2D eigenvalue weighted by Gasteiger charge is 2.54. The van der Waals surface area contributed by atoms with Gasteiger partial charge < -0.3 is 14.7 Å². The van der Waals surface area contributed by atoms with Crippen LogP contribution in [0.25, 0.3) is 0 Å². The maximum atomic E-state index is 13.8. The maximum Gasteiger partial charge on any atom is 0.355 e. The molecular weight excluding hydrogens is 513 g/mol. The first-order valence-corrected chi connectivity index (χ1v) is 17.1. The first-order valence-electron chi connectivity index (χ1n) is 14.7. The zero-order valence-corrected chi connectivity index (χ0v) is 25.8. The summed E-state index contributed by atoms with van der Waals surface area (Å²) in [5.74, 6) is -1.72. The summed E-state index contributed by atoms with van der Waals surface area (Å²) in [4.78, 5) is 42.6. The predicted octanol–water partition coefficient (Wildman–Crippen LogP) is 5.27. The van der Waals surface area contributed by atoms with Gasteiger partial charge in [0, 0.05) is 18.7 Å². The average molecular weight is 564 g/mol. The minimum absolute atomic E-state index is 0.00491. The quantitative estimate of drug-likeness (QED) is 0.0859. The Bertz CT molecular complexity index is 1030. The average Bonchev–Trinajstić information content (AvgIpc) is 3.30. The van der Waals surface area contributed by atoms with Crippen molar-refractivity contribution in [2.24, 2.45) is 5.92 Å². The second-order valence-corrected chi connectivity index (χ2v) is 14.8. The highest BCUT2D eigenvalue weighted by Crippen LogP contribution is 2.54. The molecule has 39 heavy (non-hydrogen) atoms. The molecule has 1 N–H and O–H groups in total. The van der Waals surface area contributed by atoms with Gasteiger partial charge in [-0.2, -0.15) is 5.10 Å². The summed E-state index contributed by atoms with van der Waals surface area (Å²) >= 11 is 0. The van der Waals surface area contributed by atoms with Crippen LogP contribution in [0.1, 0.15) is 95.7 Å². The Morgan fingerprint density at radius 3 is 2.13 bits per heavy atom. The molecule has 0 radical (unpaired) electrons. The van der Waals surface area contributed by atoms with E-state index in [9.17, 15) is 19.5 Å². The van der Waals surface area contributed by atoms with Gasteiger partial charge in [-0.1, -0.05) is 59.6 Å². The van der Waals surface area contributed by atoms with Crippen molar-refractivity contribution in [3.63, 3.8) is 0 Å². The molecule has 3 atom stereocenters. The number of unbranched alkanes of at least 4 members (excludes halogenated alkanes) is 3. The van der Waals surface area contributed by atoms with Gasteiger partial charge in [-0.05, 0) is 64.6 Å². The molecule has 9 heteroatoms. The van der Waals surface area contributed by atoms with E-state index in [4.69, 9.17) is 4.74 Å². The minimum Gasteiger partial charge on any atom is -0.457 e. The van der Waals surface area contributed by atoms with Crippen molar-refractivity contribution in [3.8, 4) is 0 Å². The molecule has 0 saturated carbocycles. The number of hydrogen-bond acceptors (Lipinski definition) is 6. The summed E-state index contributed by atoms with van der Waals surface area (Å²) in [5.41, 5.74) is 1.70. The third kappa shape index (κ3) is 7.73. The smallest absolute Gasteiger partial charge is 0.355 e. The van der Waals surface area contributed by atoms with E-state index in [1.807, 2.05) is 13.8 Å². The lowest BCUT2D eigenvalue weighted by molar-refractivity contribution is -0.157. The van der Waals surface area contributed by atoms with Crippen LogP contribution in [0.5, 0.6) is 0 Å². The van der Waals surface area contributed by atoms with Crippen molar-refractivity contribution in [2.75, 3.05) is 25.1 Å². The third-order valence-corrected chi connectivity index (χ3v) is 12.6. The van der Waals surface area contributed by atoms with E-state index in [0.29, 0.717) is 17.7 Å². The second kappa shape index (κ2) is 15.6. The van der Waals surface area contributed by atoms with Crippen molar-refractivity contribution in [1.29, 1.82) is 0 Å². The summed E-state index contributed by atoms with van der Waals surface area (Å²) in [6, 6.07) is 1.14. The number of carbonyl (C=O) groups is 3. The van der Waals surface area contributed by atoms with Crippen LogP contribution in [0.2, 0.25) is 0 Å². The Hall–Kier alpha value is -2.18. The van der Waals surface area contributed by atoms with E-state index in [-0.39, 0.29) is 24.7 Å². The summed E-state index contributed by atoms with van der Waals surface area (Å²) in [6.45, 7) is 14.1. The number of aliphatic hydroxyl groups is 1. The molecule has 2 heterocycles. The zero-order valence-electron chi connectivity index (χ0n) is 24.9. The molecule has 1 aromatic heterocycles. The molecule has 0 aromatic carbocycles. The summed E-state index contributed by atoms with van der Waals surface area (Å²) in [5, 5.41) is 15.0. The number of esters is 1. The Labute approximate surface area is 235 Å². The van der Waals surface area contributed by atoms with Gasteiger partial charge in [0.25, 0.3) is 0 Å². The molecule has 0 aliphatic carbocycles. The highest BCUT2D eigenvalue weighted by atomic mass is 31.2. The molecule has 1 amide bonds. The molecule has 220 valence electrons. The Balaban J connectivity index is 2.70. The number of aliphatic hydroxyl groups excluding tert-OH is 1. The first-order chi connectivity index (χ1) is 18.6. The van der Waals surface area contributed by atoms with Gasteiger partial charge in [-0.3, -0.25) is 14.3 Å². The minimum atomic E-state index is -2.13. The molecule has 1 aromatic rings. The van der Waals surface area contributed by atoms with Crippen LogP contribution in [-0.4, -0.2) is 80.1 Å². The van der Waals surface area contributed by atoms with E-state index in [0.717, 1.165) is 62.7 Å². The number of rotatable bonds is 18. The number of amides is 1. The molecule has 1 aliphatic rings. The van der Waals surface area contributed by atoms with E-state index < -0.39 is 30.9 Å². The lowest BCUT2D eigenvalue weighted by atomic mass is 9.80. The Kier molecular flexibility index (Phi) is 13.2. The molecule has 0 spiro atoms. The number of ether oxygens (including phenoxy) is 1. The van der Waals surface area contributed by atoms with Crippen LogP contribution in [0, 0.1) is 12.8 Å². The van der Waals surface area contributed by atoms with Crippen LogP contribution in [0.3, 0.4) is 0 Å². The number of nitrogens with zero attached hydrogens (tertiary/aromatic N) is 3.